The monoisotopic (exact) mass is 226 g/mol. The zero-order valence-electron chi connectivity index (χ0n) is 9.90. The van der Waals surface area contributed by atoms with Gasteiger partial charge >= 0.3 is 0 Å². The van der Waals surface area contributed by atoms with Crippen LogP contribution < -0.4 is 5.43 Å². The minimum Gasteiger partial charge on any atom is -0.503 e. The number of aromatic nitrogens is 1. The van der Waals surface area contributed by atoms with Gasteiger partial charge in [0.25, 0.3) is 0 Å². The topological polar surface area (TPSA) is 65.7 Å². The molecule has 5 nitrogen and oxygen atoms in total. The quantitative estimate of drug-likeness (QED) is 0.747. The molecule has 0 unspecified atom stereocenters. The summed E-state index contributed by atoms with van der Waals surface area (Å²) >= 11 is 0. The summed E-state index contributed by atoms with van der Waals surface area (Å²) in [6.07, 6.45) is 0. The molecule has 1 rings (SSSR count). The first-order valence-corrected chi connectivity index (χ1v) is 5.15. The lowest BCUT2D eigenvalue weighted by molar-refractivity contribution is 0.213. The van der Waals surface area contributed by atoms with E-state index >= 15 is 0 Å². The maximum atomic E-state index is 11.4. The lowest BCUT2D eigenvalue weighted by Crippen LogP contribution is -2.25. The molecule has 1 aromatic heterocycles. The molecule has 0 aliphatic heterocycles. The molecule has 0 aliphatic rings. The van der Waals surface area contributed by atoms with Gasteiger partial charge in [-0.15, -0.1) is 0 Å². The first-order chi connectivity index (χ1) is 7.47. The Morgan fingerprint density at radius 1 is 1.50 bits per heavy atom. The molecule has 2 N–H and O–H groups in total. The molecule has 16 heavy (non-hydrogen) atoms. The van der Waals surface area contributed by atoms with E-state index in [1.165, 1.54) is 6.07 Å². The van der Waals surface area contributed by atoms with Crippen LogP contribution in [0.1, 0.15) is 11.4 Å². The molecule has 5 heteroatoms. The Kier molecular flexibility index (Phi) is 4.09. The van der Waals surface area contributed by atoms with Crippen molar-refractivity contribution in [2.45, 2.75) is 13.5 Å². The van der Waals surface area contributed by atoms with E-state index in [2.05, 4.69) is 0 Å². The number of nitrogens with zero attached hydrogens (tertiary/aromatic N) is 2. The standard InChI is InChI=1S/C11H18N2O3/c1-8-6-10(15)11(16)9(13(8)3)7-12(2)4-5-14/h6,14,16H,4-5,7H2,1-3H3. The fourth-order valence-electron chi connectivity index (χ4n) is 1.56. The number of aromatic hydroxyl groups is 1. The Morgan fingerprint density at radius 2 is 2.12 bits per heavy atom. The highest BCUT2D eigenvalue weighted by Gasteiger charge is 2.12. The third kappa shape index (κ3) is 2.62. The second-order valence-corrected chi connectivity index (χ2v) is 3.97. The van der Waals surface area contributed by atoms with E-state index in [1.54, 1.807) is 11.6 Å². The van der Waals surface area contributed by atoms with Gasteiger partial charge in [-0.05, 0) is 14.0 Å². The summed E-state index contributed by atoms with van der Waals surface area (Å²) in [5, 5.41) is 18.5. The molecule has 90 valence electrons. The van der Waals surface area contributed by atoms with Crippen LogP contribution in [-0.2, 0) is 13.6 Å². The van der Waals surface area contributed by atoms with E-state index in [0.29, 0.717) is 18.8 Å². The Balaban J connectivity index is 3.08. The van der Waals surface area contributed by atoms with Crippen molar-refractivity contribution >= 4 is 0 Å². The number of aliphatic hydroxyl groups excluding tert-OH is 1. The van der Waals surface area contributed by atoms with Crippen molar-refractivity contribution < 1.29 is 10.2 Å². The highest BCUT2D eigenvalue weighted by atomic mass is 16.3. The predicted octanol–water partition coefficient (Wildman–Crippen LogP) is -0.177. The number of pyridine rings is 1. The molecule has 0 spiro atoms. The zero-order chi connectivity index (χ0) is 12.3. The van der Waals surface area contributed by atoms with E-state index in [4.69, 9.17) is 5.11 Å². The molecule has 0 fully saturated rings. The smallest absolute Gasteiger partial charge is 0.223 e. The van der Waals surface area contributed by atoms with Gasteiger partial charge < -0.3 is 14.8 Å². The Bertz CT molecular complexity index is 426. The third-order valence-corrected chi connectivity index (χ3v) is 2.68. The van der Waals surface area contributed by atoms with Crippen LogP contribution in [0.5, 0.6) is 5.75 Å². The van der Waals surface area contributed by atoms with Gasteiger partial charge in [0.2, 0.25) is 5.43 Å². The summed E-state index contributed by atoms with van der Waals surface area (Å²) in [4.78, 5) is 13.3. The normalized spacial score (nSPS) is 11.1. The van der Waals surface area contributed by atoms with Gasteiger partial charge in [0, 0.05) is 31.9 Å². The fraction of sp³-hybridized carbons (Fsp3) is 0.545. The fourth-order valence-corrected chi connectivity index (χ4v) is 1.56. The molecular weight excluding hydrogens is 208 g/mol. The van der Waals surface area contributed by atoms with Crippen molar-refractivity contribution in [3.63, 3.8) is 0 Å². The van der Waals surface area contributed by atoms with Crippen LogP contribution in [0.4, 0.5) is 0 Å². The molecule has 1 aromatic rings. The van der Waals surface area contributed by atoms with E-state index in [9.17, 15) is 9.90 Å². The van der Waals surface area contributed by atoms with Gasteiger partial charge in [-0.2, -0.15) is 0 Å². The number of aliphatic hydroxyl groups is 1. The third-order valence-electron chi connectivity index (χ3n) is 2.68. The highest BCUT2D eigenvalue weighted by Crippen LogP contribution is 2.14. The predicted molar refractivity (Wildman–Crippen MR) is 61.5 cm³/mol. The summed E-state index contributed by atoms with van der Waals surface area (Å²) < 4.78 is 1.78. The molecule has 1 heterocycles. The van der Waals surface area contributed by atoms with Gasteiger partial charge in [-0.3, -0.25) is 9.69 Å². The van der Waals surface area contributed by atoms with Gasteiger partial charge in [0.15, 0.2) is 5.75 Å². The van der Waals surface area contributed by atoms with Gasteiger partial charge in [0.1, 0.15) is 0 Å². The average Bonchev–Trinajstić information content (AvgIpc) is 2.22. The summed E-state index contributed by atoms with van der Waals surface area (Å²) in [6, 6.07) is 1.41. The van der Waals surface area contributed by atoms with Crippen molar-refractivity contribution in [3.05, 3.63) is 27.7 Å². The molecule has 0 amide bonds. The van der Waals surface area contributed by atoms with Crippen LogP contribution in [0.2, 0.25) is 0 Å². The Labute approximate surface area is 94.6 Å². The maximum absolute atomic E-state index is 11.4. The number of hydrogen-bond donors (Lipinski definition) is 2. The summed E-state index contributed by atoms with van der Waals surface area (Å²) in [7, 11) is 3.62. The van der Waals surface area contributed by atoms with Crippen LogP contribution in [0.3, 0.4) is 0 Å². The largest absolute Gasteiger partial charge is 0.503 e. The van der Waals surface area contributed by atoms with Crippen LogP contribution in [0.15, 0.2) is 10.9 Å². The van der Waals surface area contributed by atoms with E-state index in [0.717, 1.165) is 5.69 Å². The number of aryl methyl sites for hydroxylation is 1. The number of hydrogen-bond acceptors (Lipinski definition) is 4. The Hall–Kier alpha value is -1.33. The van der Waals surface area contributed by atoms with Gasteiger partial charge in [0.05, 0.1) is 12.3 Å². The summed E-state index contributed by atoms with van der Waals surface area (Å²) in [5.41, 5.74) is 1.01. The SMILES string of the molecule is Cc1cc(=O)c(O)c(CN(C)CCO)n1C. The highest BCUT2D eigenvalue weighted by molar-refractivity contribution is 5.29. The molecule has 0 saturated heterocycles. The second kappa shape index (κ2) is 5.14. The molecule has 0 radical (unpaired) electrons. The van der Waals surface area contributed by atoms with Crippen molar-refractivity contribution in [2.75, 3.05) is 20.2 Å². The van der Waals surface area contributed by atoms with Crippen LogP contribution in [-0.4, -0.2) is 39.9 Å². The van der Waals surface area contributed by atoms with E-state index < -0.39 is 0 Å². The lowest BCUT2D eigenvalue weighted by Gasteiger charge is -2.19. The van der Waals surface area contributed by atoms with Gasteiger partial charge in [-0.1, -0.05) is 0 Å². The number of likely N-dealkylation sites (N-methyl/N-ethyl adjacent to an activating group) is 1. The Morgan fingerprint density at radius 3 is 2.69 bits per heavy atom. The lowest BCUT2D eigenvalue weighted by atomic mass is 10.2. The maximum Gasteiger partial charge on any atom is 0.223 e. The molecule has 0 aliphatic carbocycles. The first-order valence-electron chi connectivity index (χ1n) is 5.15. The first kappa shape index (κ1) is 12.7. The molecule has 0 aromatic carbocycles. The molecule has 0 saturated carbocycles. The van der Waals surface area contributed by atoms with Crippen molar-refractivity contribution in [1.29, 1.82) is 0 Å². The van der Waals surface area contributed by atoms with Crippen LogP contribution in [0.25, 0.3) is 0 Å². The van der Waals surface area contributed by atoms with Crippen molar-refractivity contribution in [3.8, 4) is 5.75 Å². The summed E-state index contributed by atoms with van der Waals surface area (Å²) in [6.45, 7) is 2.80. The van der Waals surface area contributed by atoms with E-state index in [1.807, 2.05) is 18.9 Å². The average molecular weight is 226 g/mol. The van der Waals surface area contributed by atoms with Crippen molar-refractivity contribution in [2.24, 2.45) is 7.05 Å². The second-order valence-electron chi connectivity index (χ2n) is 3.97. The number of rotatable bonds is 4. The molecule has 0 bridgehead atoms. The van der Waals surface area contributed by atoms with Crippen LogP contribution in [0, 0.1) is 6.92 Å². The van der Waals surface area contributed by atoms with E-state index in [-0.39, 0.29) is 17.8 Å². The molecule has 0 atom stereocenters. The minimum atomic E-state index is -0.358. The van der Waals surface area contributed by atoms with Crippen molar-refractivity contribution in [1.82, 2.24) is 9.47 Å². The van der Waals surface area contributed by atoms with Crippen LogP contribution >= 0.6 is 0 Å². The summed E-state index contributed by atoms with van der Waals surface area (Å²) in [5.74, 6) is -0.210. The van der Waals surface area contributed by atoms with Gasteiger partial charge in [-0.25, -0.2) is 0 Å². The zero-order valence-corrected chi connectivity index (χ0v) is 9.90. The minimum absolute atomic E-state index is 0.0526. The molecular formula is C11H18N2O3.